The number of alkyl halides is 5. The van der Waals surface area contributed by atoms with Gasteiger partial charge in [0.25, 0.3) is 0 Å². The van der Waals surface area contributed by atoms with Gasteiger partial charge < -0.3 is 9.47 Å². The highest BCUT2D eigenvalue weighted by atomic mass is 19.4. The van der Waals surface area contributed by atoms with E-state index in [0.29, 0.717) is 0 Å². The van der Waals surface area contributed by atoms with E-state index in [9.17, 15) is 26.3 Å². The van der Waals surface area contributed by atoms with E-state index in [1.165, 1.54) is 18.2 Å². The summed E-state index contributed by atoms with van der Waals surface area (Å²) in [6.07, 6.45) is -4.85. The molecule has 0 saturated carbocycles. The van der Waals surface area contributed by atoms with Crippen LogP contribution in [0.1, 0.15) is 0 Å². The van der Waals surface area contributed by atoms with Crippen molar-refractivity contribution in [3.05, 3.63) is 48.3 Å². The lowest BCUT2D eigenvalue weighted by atomic mass is 10.1. The van der Waals surface area contributed by atoms with Gasteiger partial charge in [0, 0.05) is 0 Å². The summed E-state index contributed by atoms with van der Waals surface area (Å²) >= 11 is 0. The van der Waals surface area contributed by atoms with Crippen LogP contribution in [-0.4, -0.2) is 13.0 Å². The van der Waals surface area contributed by atoms with E-state index in [1.54, 1.807) is 0 Å². The second kappa shape index (κ2) is 6.17. The molecule has 2 aromatic rings. The molecule has 0 radical (unpaired) electrons. The van der Waals surface area contributed by atoms with Crippen LogP contribution in [0.2, 0.25) is 0 Å². The van der Waals surface area contributed by atoms with E-state index in [1.807, 2.05) is 0 Å². The summed E-state index contributed by atoms with van der Waals surface area (Å²) in [7, 11) is 0. The molecule has 0 N–H and O–H groups in total. The molecule has 2 rings (SSSR count). The van der Waals surface area contributed by atoms with Crippen LogP contribution in [0.25, 0.3) is 11.1 Å². The van der Waals surface area contributed by atoms with Crippen molar-refractivity contribution in [1.29, 1.82) is 0 Å². The molecule has 0 aliphatic heterocycles. The number of hydrogen-bond acceptors (Lipinski definition) is 2. The average Bonchev–Trinajstić information content (AvgIpc) is 2.39. The third-order valence-electron chi connectivity index (χ3n) is 2.55. The minimum Gasteiger partial charge on any atom is -0.432 e. The summed E-state index contributed by atoms with van der Waals surface area (Å²) in [4.78, 5) is 0. The van der Waals surface area contributed by atoms with Crippen LogP contribution in [0.5, 0.6) is 11.5 Å². The maximum Gasteiger partial charge on any atom is 0.573 e. The van der Waals surface area contributed by atoms with Crippen LogP contribution >= 0.6 is 0 Å². The van der Waals surface area contributed by atoms with Crippen LogP contribution in [0, 0.1) is 5.82 Å². The molecular formula is C14H8F6O2. The Morgan fingerprint density at radius 2 is 1.59 bits per heavy atom. The van der Waals surface area contributed by atoms with Gasteiger partial charge in [0.15, 0.2) is 11.6 Å². The predicted molar refractivity (Wildman–Crippen MR) is 65.2 cm³/mol. The van der Waals surface area contributed by atoms with Gasteiger partial charge in [-0.15, -0.1) is 13.2 Å². The van der Waals surface area contributed by atoms with Gasteiger partial charge in [-0.2, -0.15) is 8.78 Å². The molecule has 0 aliphatic rings. The Morgan fingerprint density at radius 3 is 2.18 bits per heavy atom. The summed E-state index contributed by atoms with van der Waals surface area (Å²) in [6, 6.07) is 7.94. The van der Waals surface area contributed by atoms with Crippen LogP contribution in [0.15, 0.2) is 42.5 Å². The molecule has 8 heteroatoms. The molecule has 0 saturated heterocycles. The zero-order valence-electron chi connectivity index (χ0n) is 10.7. The number of rotatable bonds is 4. The Hall–Kier alpha value is -2.38. The van der Waals surface area contributed by atoms with E-state index in [0.717, 1.165) is 24.3 Å². The maximum atomic E-state index is 13.6. The van der Waals surface area contributed by atoms with E-state index in [4.69, 9.17) is 0 Å². The van der Waals surface area contributed by atoms with Crippen LogP contribution in [-0.2, 0) is 0 Å². The molecule has 0 fully saturated rings. The van der Waals surface area contributed by atoms with Crippen molar-refractivity contribution in [1.82, 2.24) is 0 Å². The largest absolute Gasteiger partial charge is 0.573 e. The lowest BCUT2D eigenvalue weighted by Gasteiger charge is -2.11. The Bertz CT molecular complexity index is 654. The molecular weight excluding hydrogens is 314 g/mol. The van der Waals surface area contributed by atoms with Gasteiger partial charge in [0.1, 0.15) is 5.75 Å². The SMILES string of the molecule is Fc1cc(-c2cccc(OC(F)(F)F)c2)ccc1OC(F)F. The summed E-state index contributed by atoms with van der Waals surface area (Å²) in [5.74, 6) is -2.18. The minimum atomic E-state index is -4.85. The van der Waals surface area contributed by atoms with Crippen molar-refractivity contribution in [3.63, 3.8) is 0 Å². The molecule has 0 heterocycles. The molecule has 0 spiro atoms. The molecule has 0 aromatic heterocycles. The van der Waals surface area contributed by atoms with Gasteiger partial charge in [0.05, 0.1) is 0 Å². The van der Waals surface area contributed by atoms with E-state index >= 15 is 0 Å². The van der Waals surface area contributed by atoms with E-state index < -0.39 is 30.3 Å². The van der Waals surface area contributed by atoms with Crippen molar-refractivity contribution >= 4 is 0 Å². The summed E-state index contributed by atoms with van der Waals surface area (Å²) in [6.45, 7) is -3.18. The van der Waals surface area contributed by atoms with Crippen molar-refractivity contribution in [3.8, 4) is 22.6 Å². The maximum absolute atomic E-state index is 13.6. The lowest BCUT2D eigenvalue weighted by Crippen LogP contribution is -2.17. The second-order valence-corrected chi connectivity index (χ2v) is 4.10. The van der Waals surface area contributed by atoms with Crippen molar-refractivity contribution in [2.45, 2.75) is 13.0 Å². The second-order valence-electron chi connectivity index (χ2n) is 4.10. The minimum absolute atomic E-state index is 0.187. The number of benzene rings is 2. The predicted octanol–water partition coefficient (Wildman–Crippen LogP) is 4.99. The summed E-state index contributed by atoms with van der Waals surface area (Å²) in [5.41, 5.74) is 0.413. The fourth-order valence-corrected chi connectivity index (χ4v) is 1.74. The van der Waals surface area contributed by atoms with E-state index in [-0.39, 0.29) is 11.1 Å². The van der Waals surface area contributed by atoms with Crippen molar-refractivity contribution < 1.29 is 35.8 Å². The topological polar surface area (TPSA) is 18.5 Å². The standard InChI is InChI=1S/C14H8F6O2/c15-11-7-9(4-5-12(11)21-13(16)17)8-2-1-3-10(6-8)22-14(18,19)20/h1-7,13H. The molecule has 0 aliphatic carbocycles. The van der Waals surface area contributed by atoms with Crippen LogP contribution in [0.3, 0.4) is 0 Å². The van der Waals surface area contributed by atoms with Gasteiger partial charge in [0.2, 0.25) is 0 Å². The fourth-order valence-electron chi connectivity index (χ4n) is 1.74. The molecule has 0 bridgehead atoms. The molecule has 0 atom stereocenters. The normalized spacial score (nSPS) is 11.6. The molecule has 22 heavy (non-hydrogen) atoms. The van der Waals surface area contributed by atoms with Crippen LogP contribution < -0.4 is 9.47 Å². The smallest absolute Gasteiger partial charge is 0.432 e. The quantitative estimate of drug-likeness (QED) is 0.738. The first kappa shape index (κ1) is 16.0. The fraction of sp³-hybridized carbons (Fsp3) is 0.143. The van der Waals surface area contributed by atoms with Crippen LogP contribution in [0.4, 0.5) is 26.3 Å². The number of halogens is 6. The monoisotopic (exact) mass is 322 g/mol. The highest BCUT2D eigenvalue weighted by Gasteiger charge is 2.31. The van der Waals surface area contributed by atoms with Crippen molar-refractivity contribution in [2.75, 3.05) is 0 Å². The number of hydrogen-bond donors (Lipinski definition) is 0. The number of ether oxygens (including phenoxy) is 2. The van der Waals surface area contributed by atoms with Gasteiger partial charge >= 0.3 is 13.0 Å². The lowest BCUT2D eigenvalue weighted by molar-refractivity contribution is -0.274. The first-order valence-corrected chi connectivity index (χ1v) is 5.85. The van der Waals surface area contributed by atoms with E-state index in [2.05, 4.69) is 9.47 Å². The third-order valence-corrected chi connectivity index (χ3v) is 2.55. The zero-order valence-corrected chi connectivity index (χ0v) is 10.7. The molecule has 0 amide bonds. The van der Waals surface area contributed by atoms with Crippen molar-refractivity contribution in [2.24, 2.45) is 0 Å². The Labute approximate surface area is 120 Å². The molecule has 0 unspecified atom stereocenters. The first-order valence-electron chi connectivity index (χ1n) is 5.85. The Morgan fingerprint density at radius 1 is 0.909 bits per heavy atom. The highest BCUT2D eigenvalue weighted by molar-refractivity contribution is 5.66. The molecule has 2 nitrogen and oxygen atoms in total. The highest BCUT2D eigenvalue weighted by Crippen LogP contribution is 2.30. The van der Waals surface area contributed by atoms with Gasteiger partial charge in [-0.1, -0.05) is 18.2 Å². The molecule has 118 valence electrons. The molecule has 2 aromatic carbocycles. The third kappa shape index (κ3) is 4.31. The summed E-state index contributed by atoms with van der Waals surface area (Å²) < 4.78 is 81.8. The Kier molecular flexibility index (Phi) is 4.48. The Balaban J connectivity index is 2.28. The zero-order chi connectivity index (χ0) is 16.3. The average molecular weight is 322 g/mol. The van der Waals surface area contributed by atoms with Gasteiger partial charge in [-0.3, -0.25) is 0 Å². The summed E-state index contributed by atoms with van der Waals surface area (Å²) in [5, 5.41) is 0. The first-order chi connectivity index (χ1) is 10.2. The van der Waals surface area contributed by atoms with Gasteiger partial charge in [-0.05, 0) is 35.4 Å². The van der Waals surface area contributed by atoms with Gasteiger partial charge in [-0.25, -0.2) is 4.39 Å².